The molecule has 0 bridgehead atoms. The van der Waals surface area contributed by atoms with Crippen molar-refractivity contribution in [3.8, 4) is 0 Å². The van der Waals surface area contributed by atoms with Crippen molar-refractivity contribution in [2.24, 2.45) is 0 Å². The average molecular weight is 262 g/mol. The number of nitrogens with zero attached hydrogens (tertiary/aromatic N) is 1. The van der Waals surface area contributed by atoms with Crippen LogP contribution in [0.1, 0.15) is 6.92 Å². The highest BCUT2D eigenvalue weighted by Gasteiger charge is 2.23. The summed E-state index contributed by atoms with van der Waals surface area (Å²) < 4.78 is 0. The third kappa shape index (κ3) is 3.38. The highest BCUT2D eigenvalue weighted by Crippen LogP contribution is 2.25. The molecule has 0 aliphatic carbocycles. The van der Waals surface area contributed by atoms with Crippen molar-refractivity contribution >= 4 is 17.3 Å². The van der Waals surface area contributed by atoms with Crippen LogP contribution in [-0.2, 0) is 4.79 Å². The molecule has 19 heavy (non-hydrogen) atoms. The molecule has 1 heterocycles. The Morgan fingerprint density at radius 1 is 1.42 bits per heavy atom. The molecule has 0 aromatic heterocycles. The molecule has 0 saturated carbocycles. The van der Waals surface area contributed by atoms with Crippen LogP contribution in [0.15, 0.2) is 24.3 Å². The smallest absolute Gasteiger partial charge is 0.244 e. The summed E-state index contributed by atoms with van der Waals surface area (Å²) in [6, 6.07) is 8.03. The Bertz CT molecular complexity index is 447. The highest BCUT2D eigenvalue weighted by molar-refractivity contribution is 5.88. The summed E-state index contributed by atoms with van der Waals surface area (Å²) in [7, 11) is 4.01. The maximum absolute atomic E-state index is 12.1. The molecule has 2 atom stereocenters. The second-order valence-corrected chi connectivity index (χ2v) is 5.18. The zero-order valence-electron chi connectivity index (χ0n) is 11.7. The summed E-state index contributed by atoms with van der Waals surface area (Å²) in [5.74, 6) is 0.0377. The molecule has 2 rings (SSSR count). The van der Waals surface area contributed by atoms with Crippen molar-refractivity contribution in [2.75, 3.05) is 37.8 Å². The third-order valence-electron chi connectivity index (χ3n) is 3.52. The fourth-order valence-electron chi connectivity index (χ4n) is 1.93. The number of benzene rings is 1. The zero-order chi connectivity index (χ0) is 13.8. The van der Waals surface area contributed by atoms with Gasteiger partial charge >= 0.3 is 0 Å². The van der Waals surface area contributed by atoms with Gasteiger partial charge in [-0.1, -0.05) is 12.1 Å². The van der Waals surface area contributed by atoms with Gasteiger partial charge < -0.3 is 20.9 Å². The van der Waals surface area contributed by atoms with Crippen molar-refractivity contribution in [1.82, 2.24) is 10.2 Å². The summed E-state index contributed by atoms with van der Waals surface area (Å²) in [5, 5.41) is 9.51. The standard InChI is InChI=1S/C14H22N4O/c1-10(18(2)3)8-16-14(19)13-9-15-11-6-4-5-7-12(11)17-13/h4-7,10,13,15,17H,8-9H2,1-3H3,(H,16,19). The van der Waals surface area contributed by atoms with Crippen molar-refractivity contribution in [2.45, 2.75) is 19.0 Å². The van der Waals surface area contributed by atoms with Gasteiger partial charge in [-0.15, -0.1) is 0 Å². The number of hydrogen-bond acceptors (Lipinski definition) is 4. The first kappa shape index (κ1) is 13.7. The van der Waals surface area contributed by atoms with E-state index in [2.05, 4.69) is 27.8 Å². The van der Waals surface area contributed by atoms with Crippen LogP contribution in [0.25, 0.3) is 0 Å². The van der Waals surface area contributed by atoms with E-state index in [-0.39, 0.29) is 11.9 Å². The quantitative estimate of drug-likeness (QED) is 0.756. The molecule has 1 aliphatic rings. The molecule has 2 unspecified atom stereocenters. The van der Waals surface area contributed by atoms with Crippen molar-refractivity contribution in [3.05, 3.63) is 24.3 Å². The second-order valence-electron chi connectivity index (χ2n) is 5.18. The molecular formula is C14H22N4O. The van der Waals surface area contributed by atoms with E-state index in [0.717, 1.165) is 11.4 Å². The Morgan fingerprint density at radius 3 is 2.79 bits per heavy atom. The Kier molecular flexibility index (Phi) is 4.27. The topological polar surface area (TPSA) is 56.4 Å². The molecule has 104 valence electrons. The van der Waals surface area contributed by atoms with E-state index in [1.807, 2.05) is 38.4 Å². The van der Waals surface area contributed by atoms with Gasteiger partial charge in [-0.3, -0.25) is 4.79 Å². The number of amides is 1. The maximum atomic E-state index is 12.1. The second kappa shape index (κ2) is 5.93. The van der Waals surface area contributed by atoms with Crippen LogP contribution in [0.4, 0.5) is 11.4 Å². The molecule has 1 aromatic rings. The largest absolute Gasteiger partial charge is 0.381 e. The van der Waals surface area contributed by atoms with Crippen LogP contribution in [0.2, 0.25) is 0 Å². The summed E-state index contributed by atoms with van der Waals surface area (Å²) in [4.78, 5) is 14.2. The minimum absolute atomic E-state index is 0.0377. The van der Waals surface area contributed by atoms with E-state index in [4.69, 9.17) is 0 Å². The molecule has 5 nitrogen and oxygen atoms in total. The molecule has 1 aromatic carbocycles. The molecule has 0 spiro atoms. The summed E-state index contributed by atoms with van der Waals surface area (Å²) in [6.45, 7) is 3.35. The molecule has 0 fully saturated rings. The van der Waals surface area contributed by atoms with Crippen LogP contribution >= 0.6 is 0 Å². The van der Waals surface area contributed by atoms with Gasteiger partial charge in [0.1, 0.15) is 6.04 Å². The molecule has 5 heteroatoms. The SMILES string of the molecule is CC(CNC(=O)C1CNc2ccccc2N1)N(C)C. The Labute approximate surface area is 114 Å². The van der Waals surface area contributed by atoms with Crippen molar-refractivity contribution in [1.29, 1.82) is 0 Å². The number of likely N-dealkylation sites (N-methyl/N-ethyl adjacent to an activating group) is 1. The number of para-hydroxylation sites is 2. The molecule has 0 radical (unpaired) electrons. The fourth-order valence-corrected chi connectivity index (χ4v) is 1.93. The predicted molar refractivity (Wildman–Crippen MR) is 78.5 cm³/mol. The van der Waals surface area contributed by atoms with Crippen LogP contribution in [0.3, 0.4) is 0 Å². The van der Waals surface area contributed by atoms with E-state index in [9.17, 15) is 4.79 Å². The van der Waals surface area contributed by atoms with E-state index in [1.165, 1.54) is 0 Å². The lowest BCUT2D eigenvalue weighted by Gasteiger charge is -2.28. The van der Waals surface area contributed by atoms with Gasteiger partial charge in [0, 0.05) is 19.1 Å². The Hall–Kier alpha value is -1.75. The average Bonchev–Trinajstić information content (AvgIpc) is 2.43. The van der Waals surface area contributed by atoms with Crippen LogP contribution in [0.5, 0.6) is 0 Å². The number of carbonyl (C=O) groups excluding carboxylic acids is 1. The zero-order valence-corrected chi connectivity index (χ0v) is 11.7. The van der Waals surface area contributed by atoms with Crippen molar-refractivity contribution in [3.63, 3.8) is 0 Å². The highest BCUT2D eigenvalue weighted by atomic mass is 16.2. The first-order valence-electron chi connectivity index (χ1n) is 6.61. The van der Waals surface area contributed by atoms with Crippen LogP contribution in [0, 0.1) is 0 Å². The minimum atomic E-state index is -0.218. The predicted octanol–water partition coefficient (Wildman–Crippen LogP) is 0.959. The summed E-state index contributed by atoms with van der Waals surface area (Å²) in [6.07, 6.45) is 0. The number of hydrogen-bond donors (Lipinski definition) is 3. The van der Waals surface area contributed by atoms with E-state index < -0.39 is 0 Å². The Morgan fingerprint density at radius 2 is 2.11 bits per heavy atom. The van der Waals surface area contributed by atoms with Gasteiger partial charge in [0.25, 0.3) is 0 Å². The summed E-state index contributed by atoms with van der Waals surface area (Å²) >= 11 is 0. The first-order chi connectivity index (χ1) is 9.08. The maximum Gasteiger partial charge on any atom is 0.244 e. The monoisotopic (exact) mass is 262 g/mol. The fraction of sp³-hybridized carbons (Fsp3) is 0.500. The Balaban J connectivity index is 1.89. The lowest BCUT2D eigenvalue weighted by molar-refractivity contribution is -0.121. The number of nitrogens with one attached hydrogen (secondary N) is 3. The van der Waals surface area contributed by atoms with Crippen LogP contribution < -0.4 is 16.0 Å². The number of rotatable bonds is 4. The van der Waals surface area contributed by atoms with Crippen molar-refractivity contribution < 1.29 is 4.79 Å². The van der Waals surface area contributed by atoms with E-state index >= 15 is 0 Å². The van der Waals surface area contributed by atoms with Gasteiger partial charge in [-0.05, 0) is 33.2 Å². The van der Waals surface area contributed by atoms with Gasteiger partial charge in [0.15, 0.2) is 0 Å². The summed E-state index contributed by atoms with van der Waals surface area (Å²) in [5.41, 5.74) is 2.03. The van der Waals surface area contributed by atoms with Gasteiger partial charge in [-0.2, -0.15) is 0 Å². The number of carbonyl (C=O) groups is 1. The molecular weight excluding hydrogens is 240 g/mol. The van der Waals surface area contributed by atoms with Gasteiger partial charge in [-0.25, -0.2) is 0 Å². The number of anilines is 2. The lowest BCUT2D eigenvalue weighted by atomic mass is 10.1. The molecule has 1 aliphatic heterocycles. The van der Waals surface area contributed by atoms with E-state index in [1.54, 1.807) is 0 Å². The molecule has 1 amide bonds. The van der Waals surface area contributed by atoms with Crippen LogP contribution in [-0.4, -0.2) is 50.1 Å². The minimum Gasteiger partial charge on any atom is -0.381 e. The number of fused-ring (bicyclic) bond motifs is 1. The van der Waals surface area contributed by atoms with Gasteiger partial charge in [0.2, 0.25) is 5.91 Å². The first-order valence-corrected chi connectivity index (χ1v) is 6.61. The van der Waals surface area contributed by atoms with E-state index in [0.29, 0.717) is 19.1 Å². The normalized spacial score (nSPS) is 19.1. The molecule has 3 N–H and O–H groups in total. The lowest BCUT2D eigenvalue weighted by Crippen LogP contribution is -2.48. The third-order valence-corrected chi connectivity index (χ3v) is 3.52. The molecule has 0 saturated heterocycles. The van der Waals surface area contributed by atoms with Gasteiger partial charge in [0.05, 0.1) is 11.4 Å².